The summed E-state index contributed by atoms with van der Waals surface area (Å²) in [7, 11) is 1.64. The molecule has 0 radical (unpaired) electrons. The second-order valence-corrected chi connectivity index (χ2v) is 5.76. The molecule has 0 aliphatic heterocycles. The Morgan fingerprint density at radius 2 is 2.00 bits per heavy atom. The highest BCUT2D eigenvalue weighted by Crippen LogP contribution is 2.49. The van der Waals surface area contributed by atoms with Crippen molar-refractivity contribution in [3.63, 3.8) is 0 Å². The quantitative estimate of drug-likeness (QED) is 0.889. The summed E-state index contributed by atoms with van der Waals surface area (Å²) in [5.74, 6) is 2.28. The number of rotatable bonds is 3. The standard InChI is InChI=1S/C14H21N3O/c1-18-13-12(16-7-8-17-13)14(15)6-2-3-11(9-14)10-4-5-10/h7-8,10-11H,2-6,9,15H2,1H3. The molecule has 2 aliphatic rings. The molecule has 18 heavy (non-hydrogen) atoms. The van der Waals surface area contributed by atoms with Crippen LogP contribution in [0.15, 0.2) is 12.4 Å². The summed E-state index contributed by atoms with van der Waals surface area (Å²) in [5, 5.41) is 0. The molecular formula is C14H21N3O. The predicted octanol–water partition coefficient (Wildman–Crippen LogP) is 2.24. The number of nitrogens with two attached hydrogens (primary N) is 1. The molecule has 0 saturated heterocycles. The molecule has 4 heteroatoms. The van der Waals surface area contributed by atoms with Crippen LogP contribution in [0.2, 0.25) is 0 Å². The number of ether oxygens (including phenoxy) is 1. The van der Waals surface area contributed by atoms with E-state index in [0.29, 0.717) is 5.88 Å². The Morgan fingerprint density at radius 1 is 1.22 bits per heavy atom. The number of hydrogen-bond acceptors (Lipinski definition) is 4. The van der Waals surface area contributed by atoms with Gasteiger partial charge in [0.25, 0.3) is 0 Å². The van der Waals surface area contributed by atoms with Crippen LogP contribution in [-0.2, 0) is 5.54 Å². The molecule has 2 unspecified atom stereocenters. The zero-order valence-electron chi connectivity index (χ0n) is 10.9. The zero-order valence-corrected chi connectivity index (χ0v) is 10.9. The third kappa shape index (κ3) is 2.09. The van der Waals surface area contributed by atoms with Gasteiger partial charge in [0, 0.05) is 12.4 Å². The van der Waals surface area contributed by atoms with E-state index in [0.717, 1.165) is 30.4 Å². The highest BCUT2D eigenvalue weighted by Gasteiger charge is 2.43. The summed E-state index contributed by atoms with van der Waals surface area (Å²) in [4.78, 5) is 8.69. The highest BCUT2D eigenvalue weighted by molar-refractivity contribution is 5.26. The van der Waals surface area contributed by atoms with E-state index in [2.05, 4.69) is 9.97 Å². The minimum atomic E-state index is -0.342. The first kappa shape index (κ1) is 11.9. The average molecular weight is 247 g/mol. The van der Waals surface area contributed by atoms with Gasteiger partial charge in [-0.05, 0) is 37.5 Å². The molecule has 2 aliphatic carbocycles. The fourth-order valence-electron chi connectivity index (χ4n) is 3.35. The van der Waals surface area contributed by atoms with Gasteiger partial charge in [-0.3, -0.25) is 4.98 Å². The number of methoxy groups -OCH3 is 1. The first-order chi connectivity index (χ1) is 8.73. The fraction of sp³-hybridized carbons (Fsp3) is 0.714. The Balaban J connectivity index is 1.87. The zero-order chi connectivity index (χ0) is 12.6. The van der Waals surface area contributed by atoms with Crippen LogP contribution in [-0.4, -0.2) is 17.1 Å². The fourth-order valence-corrected chi connectivity index (χ4v) is 3.35. The highest BCUT2D eigenvalue weighted by atomic mass is 16.5. The SMILES string of the molecule is COc1nccnc1C1(N)CCCC(C2CC2)C1. The van der Waals surface area contributed by atoms with Crippen molar-refractivity contribution < 1.29 is 4.74 Å². The summed E-state index contributed by atoms with van der Waals surface area (Å²) < 4.78 is 5.32. The normalized spacial score (nSPS) is 32.2. The van der Waals surface area contributed by atoms with Gasteiger partial charge in [0.1, 0.15) is 5.69 Å². The van der Waals surface area contributed by atoms with E-state index < -0.39 is 0 Å². The van der Waals surface area contributed by atoms with E-state index in [1.807, 2.05) is 0 Å². The lowest BCUT2D eigenvalue weighted by atomic mass is 9.72. The summed E-state index contributed by atoms with van der Waals surface area (Å²) in [6, 6.07) is 0. The molecule has 2 saturated carbocycles. The first-order valence-corrected chi connectivity index (χ1v) is 6.87. The maximum absolute atomic E-state index is 6.63. The second kappa shape index (κ2) is 4.50. The minimum Gasteiger partial charge on any atom is -0.480 e. The molecule has 0 bridgehead atoms. The van der Waals surface area contributed by atoms with Crippen molar-refractivity contribution in [1.82, 2.24) is 9.97 Å². The molecule has 0 spiro atoms. The average Bonchev–Trinajstić information content (AvgIpc) is 3.23. The van der Waals surface area contributed by atoms with E-state index in [9.17, 15) is 0 Å². The topological polar surface area (TPSA) is 61.0 Å². The van der Waals surface area contributed by atoms with Crippen molar-refractivity contribution in [2.75, 3.05) is 7.11 Å². The van der Waals surface area contributed by atoms with Gasteiger partial charge in [-0.2, -0.15) is 0 Å². The molecule has 2 fully saturated rings. The van der Waals surface area contributed by atoms with Crippen LogP contribution in [0.4, 0.5) is 0 Å². The summed E-state index contributed by atoms with van der Waals surface area (Å²) in [6.07, 6.45) is 10.7. The van der Waals surface area contributed by atoms with Crippen molar-refractivity contribution in [2.24, 2.45) is 17.6 Å². The van der Waals surface area contributed by atoms with Crippen LogP contribution in [0.1, 0.15) is 44.2 Å². The lowest BCUT2D eigenvalue weighted by molar-refractivity contribution is 0.196. The molecule has 98 valence electrons. The van der Waals surface area contributed by atoms with Gasteiger partial charge in [-0.25, -0.2) is 4.98 Å². The van der Waals surface area contributed by atoms with Crippen LogP contribution >= 0.6 is 0 Å². The van der Waals surface area contributed by atoms with Crippen molar-refractivity contribution >= 4 is 0 Å². The van der Waals surface area contributed by atoms with Crippen LogP contribution < -0.4 is 10.5 Å². The van der Waals surface area contributed by atoms with Crippen LogP contribution in [0.3, 0.4) is 0 Å². The molecular weight excluding hydrogens is 226 g/mol. The van der Waals surface area contributed by atoms with Crippen molar-refractivity contribution in [3.05, 3.63) is 18.1 Å². The first-order valence-electron chi connectivity index (χ1n) is 6.87. The van der Waals surface area contributed by atoms with E-state index in [1.54, 1.807) is 19.5 Å². The van der Waals surface area contributed by atoms with E-state index in [4.69, 9.17) is 10.5 Å². The van der Waals surface area contributed by atoms with E-state index in [1.165, 1.54) is 25.7 Å². The molecule has 2 N–H and O–H groups in total. The molecule has 1 heterocycles. The van der Waals surface area contributed by atoms with Crippen molar-refractivity contribution in [2.45, 2.75) is 44.1 Å². The molecule has 2 atom stereocenters. The Hall–Kier alpha value is -1.16. The molecule has 1 aromatic heterocycles. The second-order valence-electron chi connectivity index (χ2n) is 5.76. The van der Waals surface area contributed by atoms with Gasteiger partial charge in [0.05, 0.1) is 12.6 Å². The summed E-state index contributed by atoms with van der Waals surface area (Å²) in [5.41, 5.74) is 7.13. The lowest BCUT2D eigenvalue weighted by Crippen LogP contribution is -2.43. The summed E-state index contributed by atoms with van der Waals surface area (Å²) >= 11 is 0. The number of nitrogens with zero attached hydrogens (tertiary/aromatic N) is 2. The Kier molecular flexibility index (Phi) is 2.98. The van der Waals surface area contributed by atoms with Crippen molar-refractivity contribution in [3.8, 4) is 5.88 Å². The summed E-state index contributed by atoms with van der Waals surface area (Å²) in [6.45, 7) is 0. The van der Waals surface area contributed by atoms with Gasteiger partial charge < -0.3 is 10.5 Å². The van der Waals surface area contributed by atoms with Gasteiger partial charge in [-0.15, -0.1) is 0 Å². The predicted molar refractivity (Wildman–Crippen MR) is 69.1 cm³/mol. The van der Waals surface area contributed by atoms with Gasteiger partial charge in [0.2, 0.25) is 5.88 Å². The van der Waals surface area contributed by atoms with E-state index in [-0.39, 0.29) is 5.54 Å². The molecule has 1 aromatic rings. The van der Waals surface area contributed by atoms with Gasteiger partial charge in [-0.1, -0.05) is 12.8 Å². The Bertz CT molecular complexity index is 433. The molecule has 4 nitrogen and oxygen atoms in total. The minimum absolute atomic E-state index is 0.342. The molecule has 3 rings (SSSR count). The lowest BCUT2D eigenvalue weighted by Gasteiger charge is -2.37. The van der Waals surface area contributed by atoms with Crippen LogP contribution in [0.25, 0.3) is 0 Å². The maximum Gasteiger partial charge on any atom is 0.237 e. The Labute approximate surface area is 108 Å². The van der Waals surface area contributed by atoms with Crippen LogP contribution in [0, 0.1) is 11.8 Å². The Morgan fingerprint density at radius 3 is 2.72 bits per heavy atom. The smallest absolute Gasteiger partial charge is 0.237 e. The number of aromatic nitrogens is 2. The number of hydrogen-bond donors (Lipinski definition) is 1. The maximum atomic E-state index is 6.63. The van der Waals surface area contributed by atoms with Gasteiger partial charge in [0.15, 0.2) is 0 Å². The molecule has 0 aromatic carbocycles. The van der Waals surface area contributed by atoms with Crippen LogP contribution in [0.5, 0.6) is 5.88 Å². The van der Waals surface area contributed by atoms with E-state index >= 15 is 0 Å². The molecule has 0 amide bonds. The third-order valence-electron chi connectivity index (χ3n) is 4.44. The largest absolute Gasteiger partial charge is 0.480 e. The monoisotopic (exact) mass is 247 g/mol. The van der Waals surface area contributed by atoms with Crippen molar-refractivity contribution in [1.29, 1.82) is 0 Å². The van der Waals surface area contributed by atoms with Gasteiger partial charge >= 0.3 is 0 Å². The third-order valence-corrected chi connectivity index (χ3v) is 4.44.